The molecule has 0 aromatic heterocycles. The fourth-order valence-corrected chi connectivity index (χ4v) is 1.71. The summed E-state index contributed by atoms with van der Waals surface area (Å²) in [5.41, 5.74) is 1.56. The highest BCUT2D eigenvalue weighted by Gasteiger charge is 2.23. The molecule has 0 fully saturated rings. The van der Waals surface area contributed by atoms with E-state index in [1.165, 1.54) is 5.01 Å². The summed E-state index contributed by atoms with van der Waals surface area (Å²) in [6, 6.07) is 5.76. The number of benzene rings is 1. The van der Waals surface area contributed by atoms with Crippen molar-refractivity contribution in [3.8, 4) is 5.75 Å². The Kier molecular flexibility index (Phi) is 4.95. The first kappa shape index (κ1) is 15.5. The molecule has 4 heteroatoms. The van der Waals surface area contributed by atoms with Crippen molar-refractivity contribution >= 4 is 11.5 Å². The number of hydrogen-bond donors (Lipinski definition) is 1. The SMILES string of the molecule is CCc1ccc(OC)cc1N(N)CC(=O)C(C)(C)C. The third-order valence-electron chi connectivity index (χ3n) is 3.13. The largest absolute Gasteiger partial charge is 0.497 e. The minimum absolute atomic E-state index is 0.111. The molecule has 0 heterocycles. The van der Waals surface area contributed by atoms with Gasteiger partial charge in [0.25, 0.3) is 0 Å². The van der Waals surface area contributed by atoms with E-state index in [4.69, 9.17) is 10.6 Å². The monoisotopic (exact) mass is 264 g/mol. The van der Waals surface area contributed by atoms with Crippen molar-refractivity contribution in [1.29, 1.82) is 0 Å². The first-order valence-corrected chi connectivity index (χ1v) is 6.52. The molecule has 0 amide bonds. The second-order valence-corrected chi connectivity index (χ2v) is 5.65. The Balaban J connectivity index is 2.98. The van der Waals surface area contributed by atoms with Crippen molar-refractivity contribution in [1.82, 2.24) is 0 Å². The van der Waals surface area contributed by atoms with Gasteiger partial charge in [0.05, 0.1) is 19.3 Å². The zero-order valence-corrected chi connectivity index (χ0v) is 12.5. The second-order valence-electron chi connectivity index (χ2n) is 5.65. The van der Waals surface area contributed by atoms with E-state index in [2.05, 4.69) is 6.92 Å². The van der Waals surface area contributed by atoms with Crippen molar-refractivity contribution in [3.05, 3.63) is 23.8 Å². The first-order chi connectivity index (χ1) is 8.79. The summed E-state index contributed by atoms with van der Waals surface area (Å²) >= 11 is 0. The summed E-state index contributed by atoms with van der Waals surface area (Å²) in [6.45, 7) is 7.95. The topological polar surface area (TPSA) is 55.6 Å². The first-order valence-electron chi connectivity index (χ1n) is 6.52. The molecule has 0 aliphatic heterocycles. The number of Topliss-reactive ketones (excluding diaryl/α,β-unsaturated/α-hetero) is 1. The van der Waals surface area contributed by atoms with Gasteiger partial charge in [0.2, 0.25) is 0 Å². The predicted octanol–water partition coefficient (Wildman–Crippen LogP) is 2.55. The number of aryl methyl sites for hydroxylation is 1. The maximum absolute atomic E-state index is 12.0. The van der Waals surface area contributed by atoms with Crippen LogP contribution >= 0.6 is 0 Å². The number of hydrazine groups is 1. The average Bonchev–Trinajstić information content (AvgIpc) is 2.36. The van der Waals surface area contributed by atoms with Crippen molar-refractivity contribution in [2.24, 2.45) is 11.3 Å². The molecular weight excluding hydrogens is 240 g/mol. The summed E-state index contributed by atoms with van der Waals surface area (Å²) in [5.74, 6) is 6.90. The molecule has 0 saturated heterocycles. The molecule has 0 radical (unpaired) electrons. The summed E-state index contributed by atoms with van der Waals surface area (Å²) in [4.78, 5) is 12.0. The van der Waals surface area contributed by atoms with Crippen LogP contribution in [0, 0.1) is 5.41 Å². The third-order valence-corrected chi connectivity index (χ3v) is 3.13. The number of ketones is 1. The summed E-state index contributed by atoms with van der Waals surface area (Å²) in [6.07, 6.45) is 0.858. The Hall–Kier alpha value is -1.55. The molecule has 1 aromatic rings. The Morgan fingerprint density at radius 3 is 2.47 bits per heavy atom. The molecule has 0 unspecified atom stereocenters. The molecule has 0 saturated carbocycles. The highest BCUT2D eigenvalue weighted by atomic mass is 16.5. The zero-order chi connectivity index (χ0) is 14.6. The molecule has 0 aliphatic rings. The smallest absolute Gasteiger partial charge is 0.159 e. The third kappa shape index (κ3) is 3.96. The molecule has 1 rings (SSSR count). The summed E-state index contributed by atoms with van der Waals surface area (Å²) in [7, 11) is 1.62. The van der Waals surface area contributed by atoms with E-state index in [-0.39, 0.29) is 17.7 Å². The van der Waals surface area contributed by atoms with Crippen molar-refractivity contribution < 1.29 is 9.53 Å². The lowest BCUT2D eigenvalue weighted by Gasteiger charge is -2.25. The molecule has 19 heavy (non-hydrogen) atoms. The predicted molar refractivity (Wildman–Crippen MR) is 78.4 cm³/mol. The van der Waals surface area contributed by atoms with Gasteiger partial charge in [-0.05, 0) is 18.1 Å². The summed E-state index contributed by atoms with van der Waals surface area (Å²) < 4.78 is 5.21. The van der Waals surface area contributed by atoms with Crippen LogP contribution in [0.4, 0.5) is 5.69 Å². The van der Waals surface area contributed by atoms with Crippen LogP contribution in [0.2, 0.25) is 0 Å². The molecule has 106 valence electrons. The van der Waals surface area contributed by atoms with Crippen LogP contribution in [-0.4, -0.2) is 19.4 Å². The molecule has 2 N–H and O–H groups in total. The van der Waals surface area contributed by atoms with Gasteiger partial charge in [-0.1, -0.05) is 33.8 Å². The Morgan fingerprint density at radius 2 is 2.00 bits per heavy atom. The van der Waals surface area contributed by atoms with Gasteiger partial charge in [-0.3, -0.25) is 4.79 Å². The lowest BCUT2D eigenvalue weighted by Crippen LogP contribution is -2.40. The number of nitrogens with two attached hydrogens (primary N) is 1. The van der Waals surface area contributed by atoms with E-state index in [1.54, 1.807) is 7.11 Å². The van der Waals surface area contributed by atoms with Gasteiger partial charge in [0.1, 0.15) is 5.75 Å². The second kappa shape index (κ2) is 6.06. The van der Waals surface area contributed by atoms with Crippen LogP contribution in [0.25, 0.3) is 0 Å². The Labute approximate surface area is 115 Å². The van der Waals surface area contributed by atoms with Crippen LogP contribution in [0.1, 0.15) is 33.3 Å². The van der Waals surface area contributed by atoms with Gasteiger partial charge in [-0.25, -0.2) is 5.84 Å². The zero-order valence-electron chi connectivity index (χ0n) is 12.5. The molecule has 4 nitrogen and oxygen atoms in total. The van der Waals surface area contributed by atoms with E-state index in [1.807, 2.05) is 39.0 Å². The van der Waals surface area contributed by atoms with Crippen LogP contribution < -0.4 is 15.6 Å². The van der Waals surface area contributed by atoms with Crippen LogP contribution in [0.15, 0.2) is 18.2 Å². The van der Waals surface area contributed by atoms with Gasteiger partial charge in [0.15, 0.2) is 5.78 Å². The number of carbonyl (C=O) groups excluding carboxylic acids is 1. The fraction of sp³-hybridized carbons (Fsp3) is 0.533. The quantitative estimate of drug-likeness (QED) is 0.656. The van der Waals surface area contributed by atoms with Crippen molar-refractivity contribution in [2.75, 3.05) is 18.7 Å². The van der Waals surface area contributed by atoms with E-state index < -0.39 is 0 Å². The number of anilines is 1. The molecular formula is C15H24N2O2. The maximum Gasteiger partial charge on any atom is 0.159 e. The minimum Gasteiger partial charge on any atom is -0.497 e. The normalized spacial score (nSPS) is 11.3. The molecule has 1 aromatic carbocycles. The average molecular weight is 264 g/mol. The molecule has 0 bridgehead atoms. The lowest BCUT2D eigenvalue weighted by molar-refractivity contribution is -0.124. The van der Waals surface area contributed by atoms with Gasteiger partial charge < -0.3 is 9.75 Å². The van der Waals surface area contributed by atoms with Crippen LogP contribution in [0.5, 0.6) is 5.75 Å². The number of methoxy groups -OCH3 is 1. The minimum atomic E-state index is -0.386. The summed E-state index contributed by atoms with van der Waals surface area (Å²) in [5, 5.41) is 1.51. The number of hydrogen-bond acceptors (Lipinski definition) is 4. The Bertz CT molecular complexity index is 450. The molecule has 0 atom stereocenters. The van der Waals surface area contributed by atoms with E-state index >= 15 is 0 Å². The Morgan fingerprint density at radius 1 is 1.37 bits per heavy atom. The van der Waals surface area contributed by atoms with Gasteiger partial charge in [0, 0.05) is 11.5 Å². The highest BCUT2D eigenvalue weighted by Crippen LogP contribution is 2.26. The van der Waals surface area contributed by atoms with Crippen LogP contribution in [0.3, 0.4) is 0 Å². The van der Waals surface area contributed by atoms with Crippen molar-refractivity contribution in [3.63, 3.8) is 0 Å². The number of ether oxygens (including phenoxy) is 1. The maximum atomic E-state index is 12.0. The lowest BCUT2D eigenvalue weighted by atomic mass is 9.90. The number of carbonyl (C=O) groups is 1. The molecule has 0 spiro atoms. The number of rotatable bonds is 5. The van der Waals surface area contributed by atoms with Gasteiger partial charge in [-0.15, -0.1) is 0 Å². The van der Waals surface area contributed by atoms with E-state index in [0.29, 0.717) is 0 Å². The fourth-order valence-electron chi connectivity index (χ4n) is 1.71. The van der Waals surface area contributed by atoms with Gasteiger partial charge in [-0.2, -0.15) is 0 Å². The highest BCUT2D eigenvalue weighted by molar-refractivity contribution is 5.88. The van der Waals surface area contributed by atoms with Gasteiger partial charge >= 0.3 is 0 Å². The number of nitrogens with zero attached hydrogens (tertiary/aromatic N) is 1. The van der Waals surface area contributed by atoms with E-state index in [9.17, 15) is 4.79 Å². The van der Waals surface area contributed by atoms with E-state index in [0.717, 1.165) is 23.4 Å². The molecule has 0 aliphatic carbocycles. The van der Waals surface area contributed by atoms with Crippen molar-refractivity contribution in [2.45, 2.75) is 34.1 Å². The standard InChI is InChI=1S/C15H24N2O2/c1-6-11-7-8-12(19-5)9-13(11)17(16)10-14(18)15(2,3)4/h7-9H,6,10,16H2,1-5H3. The van der Waals surface area contributed by atoms with Crippen LogP contribution in [-0.2, 0) is 11.2 Å².